The Balaban J connectivity index is 1.90. The molecule has 0 saturated heterocycles. The monoisotopic (exact) mass is 481 g/mol. The molecule has 4 amide bonds. The number of hydrogen-bond donors (Lipinski definition) is 1. The van der Waals surface area contributed by atoms with Crippen molar-refractivity contribution in [3.8, 4) is 0 Å². The Morgan fingerprint density at radius 2 is 1.49 bits per heavy atom. The van der Waals surface area contributed by atoms with Crippen molar-refractivity contribution >= 4 is 29.8 Å². The van der Waals surface area contributed by atoms with Crippen LogP contribution in [0.25, 0.3) is 0 Å². The number of rotatable bonds is 7. The van der Waals surface area contributed by atoms with Crippen LogP contribution in [0.4, 0.5) is 4.79 Å². The van der Waals surface area contributed by atoms with E-state index >= 15 is 0 Å². The molecule has 0 aromatic heterocycles. The second-order valence-corrected chi connectivity index (χ2v) is 8.83. The number of fused-ring (bicyclic) bond motifs is 1. The van der Waals surface area contributed by atoms with Gasteiger partial charge in [0.2, 0.25) is 0 Å². The van der Waals surface area contributed by atoms with Crippen LogP contribution >= 0.6 is 0 Å². The highest BCUT2D eigenvalue weighted by Gasteiger charge is 2.42. The Labute approximate surface area is 202 Å². The van der Waals surface area contributed by atoms with Crippen LogP contribution in [0.2, 0.25) is 0 Å². The maximum Gasteiger partial charge on any atom is 0.337 e. The van der Waals surface area contributed by atoms with Crippen molar-refractivity contribution in [3.63, 3.8) is 0 Å². The lowest BCUT2D eigenvalue weighted by Gasteiger charge is -2.31. The Hall–Kier alpha value is -4.21. The molecule has 0 radical (unpaired) electrons. The first-order valence-electron chi connectivity index (χ1n) is 10.9. The first-order valence-corrected chi connectivity index (χ1v) is 10.9. The number of carbonyl (C=O) groups is 5. The third-order valence-electron chi connectivity index (χ3n) is 5.00. The minimum absolute atomic E-state index is 0.154. The summed E-state index contributed by atoms with van der Waals surface area (Å²) in [6, 6.07) is 12.6. The molecule has 10 heteroatoms. The lowest BCUT2D eigenvalue weighted by molar-refractivity contribution is -0.158. The fourth-order valence-electron chi connectivity index (χ4n) is 3.49. The van der Waals surface area contributed by atoms with Crippen LogP contribution in [0.3, 0.4) is 0 Å². The van der Waals surface area contributed by atoms with Crippen molar-refractivity contribution in [2.75, 3.05) is 7.11 Å². The maximum atomic E-state index is 13.4. The summed E-state index contributed by atoms with van der Waals surface area (Å²) in [5, 5.41) is 4.05. The van der Waals surface area contributed by atoms with E-state index in [2.05, 4.69) is 5.32 Å². The number of carbonyl (C=O) groups excluding carboxylic acids is 5. The van der Waals surface area contributed by atoms with Crippen LogP contribution < -0.4 is 5.32 Å². The summed E-state index contributed by atoms with van der Waals surface area (Å²) >= 11 is 0. The average molecular weight is 482 g/mol. The summed E-state index contributed by atoms with van der Waals surface area (Å²) in [5.74, 6) is -2.98. The largest absolute Gasteiger partial charge is 0.467 e. The molecule has 2 aromatic carbocycles. The van der Waals surface area contributed by atoms with E-state index in [0.717, 1.165) is 17.1 Å². The molecule has 0 bridgehead atoms. The standard InChI is InChI=1S/C25H27N3O7/c1-25(2,3)35-20(29)14-19(23(32)34-4)26-24(33)27(15-16-10-6-5-7-11-16)28-21(30)17-12-8-9-13-18(17)22(28)31/h5-13,19H,14-15H2,1-4H3,(H,26,33)/t19-/m0/s1. The molecule has 1 aliphatic heterocycles. The summed E-state index contributed by atoms with van der Waals surface area (Å²) in [5.41, 5.74) is 0.130. The van der Waals surface area contributed by atoms with Gasteiger partial charge in [-0.15, -0.1) is 0 Å². The lowest BCUT2D eigenvalue weighted by Crippen LogP contribution is -2.56. The van der Waals surface area contributed by atoms with Crippen LogP contribution in [0.1, 0.15) is 53.5 Å². The predicted molar refractivity (Wildman–Crippen MR) is 124 cm³/mol. The average Bonchev–Trinajstić information content (AvgIpc) is 3.06. The van der Waals surface area contributed by atoms with Gasteiger partial charge in [-0.2, -0.15) is 5.01 Å². The quantitative estimate of drug-likeness (QED) is 0.477. The Morgan fingerprint density at radius 3 is 2.00 bits per heavy atom. The minimum atomic E-state index is -1.41. The molecule has 3 rings (SSSR count). The zero-order valence-corrected chi connectivity index (χ0v) is 19.9. The van der Waals surface area contributed by atoms with Crippen molar-refractivity contribution in [1.82, 2.24) is 15.3 Å². The van der Waals surface area contributed by atoms with E-state index in [9.17, 15) is 24.0 Å². The number of nitrogens with zero attached hydrogens (tertiary/aromatic N) is 2. The fourth-order valence-corrected chi connectivity index (χ4v) is 3.49. The van der Waals surface area contributed by atoms with Crippen LogP contribution in [0.5, 0.6) is 0 Å². The van der Waals surface area contributed by atoms with Crippen molar-refractivity contribution in [1.29, 1.82) is 0 Å². The van der Waals surface area contributed by atoms with Gasteiger partial charge in [-0.3, -0.25) is 14.4 Å². The molecular weight excluding hydrogens is 454 g/mol. The van der Waals surface area contributed by atoms with Crippen LogP contribution in [0, 0.1) is 0 Å². The van der Waals surface area contributed by atoms with Gasteiger partial charge in [0.05, 0.1) is 31.2 Å². The highest BCUT2D eigenvalue weighted by Crippen LogP contribution is 2.25. The van der Waals surface area contributed by atoms with Crippen LogP contribution in [0.15, 0.2) is 54.6 Å². The van der Waals surface area contributed by atoms with E-state index in [1.54, 1.807) is 63.2 Å². The number of hydrogen-bond acceptors (Lipinski definition) is 7. The van der Waals surface area contributed by atoms with Crippen LogP contribution in [-0.2, 0) is 25.6 Å². The van der Waals surface area contributed by atoms with Gasteiger partial charge >= 0.3 is 18.0 Å². The van der Waals surface area contributed by atoms with Gasteiger partial charge < -0.3 is 14.8 Å². The summed E-state index contributed by atoms with van der Waals surface area (Å²) in [6.07, 6.45) is -0.503. The molecule has 1 heterocycles. The van der Waals surface area contributed by atoms with Crippen molar-refractivity contribution in [3.05, 3.63) is 71.3 Å². The van der Waals surface area contributed by atoms with Gasteiger partial charge in [0.15, 0.2) is 0 Å². The number of urea groups is 1. The third-order valence-corrected chi connectivity index (χ3v) is 5.00. The first kappa shape index (κ1) is 25.4. The van der Waals surface area contributed by atoms with E-state index in [4.69, 9.17) is 9.47 Å². The molecule has 0 spiro atoms. The summed E-state index contributed by atoms with van der Waals surface area (Å²) in [7, 11) is 1.11. The summed E-state index contributed by atoms with van der Waals surface area (Å²) < 4.78 is 9.98. The zero-order valence-electron chi connectivity index (χ0n) is 19.9. The van der Waals surface area contributed by atoms with Crippen molar-refractivity contribution in [2.45, 2.75) is 45.4 Å². The number of nitrogens with one attached hydrogen (secondary N) is 1. The third kappa shape index (κ3) is 6.03. The highest BCUT2D eigenvalue weighted by molar-refractivity contribution is 6.21. The summed E-state index contributed by atoms with van der Waals surface area (Å²) in [4.78, 5) is 64.2. The van der Waals surface area contributed by atoms with Gasteiger partial charge in [0.1, 0.15) is 11.6 Å². The molecule has 0 saturated carbocycles. The topological polar surface area (TPSA) is 122 Å². The number of methoxy groups -OCH3 is 1. The SMILES string of the molecule is COC(=O)[C@H](CC(=O)OC(C)(C)C)NC(=O)N(Cc1ccccc1)N1C(=O)c2ccccc2C1=O. The molecule has 0 aliphatic carbocycles. The minimum Gasteiger partial charge on any atom is -0.467 e. The lowest BCUT2D eigenvalue weighted by atomic mass is 10.1. The van der Waals surface area contributed by atoms with Gasteiger partial charge in [0.25, 0.3) is 11.8 Å². The van der Waals surface area contributed by atoms with Crippen LogP contribution in [-0.4, -0.2) is 58.6 Å². The highest BCUT2D eigenvalue weighted by atomic mass is 16.6. The van der Waals surface area contributed by atoms with E-state index in [1.807, 2.05) is 0 Å². The Kier molecular flexibility index (Phi) is 7.53. The number of amides is 4. The first-order chi connectivity index (χ1) is 16.5. The molecule has 184 valence electrons. The maximum absolute atomic E-state index is 13.4. The number of imide groups is 1. The predicted octanol–water partition coefficient (Wildman–Crippen LogP) is 2.68. The molecule has 35 heavy (non-hydrogen) atoms. The van der Waals surface area contributed by atoms with Gasteiger partial charge in [0, 0.05) is 0 Å². The van der Waals surface area contributed by atoms with E-state index in [0.29, 0.717) is 5.56 Å². The number of esters is 2. The van der Waals surface area contributed by atoms with E-state index in [1.165, 1.54) is 12.1 Å². The number of benzene rings is 2. The number of ether oxygens (including phenoxy) is 2. The second-order valence-electron chi connectivity index (χ2n) is 8.83. The van der Waals surface area contributed by atoms with Gasteiger partial charge in [-0.1, -0.05) is 42.5 Å². The van der Waals surface area contributed by atoms with Gasteiger partial charge in [-0.25, -0.2) is 14.6 Å². The van der Waals surface area contributed by atoms with E-state index in [-0.39, 0.29) is 17.7 Å². The molecule has 1 aliphatic rings. The molecule has 10 nitrogen and oxygen atoms in total. The zero-order chi connectivity index (χ0) is 25.8. The van der Waals surface area contributed by atoms with Crippen molar-refractivity contribution in [2.24, 2.45) is 0 Å². The molecule has 0 unspecified atom stereocenters. The normalized spacial score (nSPS) is 13.7. The Morgan fingerprint density at radius 1 is 0.943 bits per heavy atom. The summed E-state index contributed by atoms with van der Waals surface area (Å²) in [6.45, 7) is 4.85. The number of hydrazine groups is 1. The molecule has 2 aromatic rings. The van der Waals surface area contributed by atoms with Gasteiger partial charge in [-0.05, 0) is 38.5 Å². The fraction of sp³-hybridized carbons (Fsp3) is 0.320. The molecular formula is C25H27N3O7. The van der Waals surface area contributed by atoms with E-state index < -0.39 is 47.8 Å². The Bertz CT molecular complexity index is 1110. The molecule has 1 N–H and O–H groups in total. The van der Waals surface area contributed by atoms with Crippen molar-refractivity contribution < 1.29 is 33.4 Å². The smallest absolute Gasteiger partial charge is 0.337 e. The second kappa shape index (κ2) is 10.4. The molecule has 1 atom stereocenters. The molecule has 0 fully saturated rings.